The van der Waals surface area contributed by atoms with Gasteiger partial charge < -0.3 is 48.0 Å². The van der Waals surface area contributed by atoms with Gasteiger partial charge in [0.1, 0.15) is 33.7 Å². The van der Waals surface area contributed by atoms with Crippen molar-refractivity contribution in [2.24, 2.45) is 11.8 Å². The van der Waals surface area contributed by atoms with Crippen LogP contribution in [0.5, 0.6) is 0 Å². The number of benzene rings is 6. The van der Waals surface area contributed by atoms with E-state index in [1.807, 2.05) is 60.7 Å². The molecule has 2 N–H and O–H groups in total. The first-order chi connectivity index (χ1) is 44.4. The molecule has 0 aliphatic carbocycles. The second-order valence-corrected chi connectivity index (χ2v) is 22.8. The van der Waals surface area contributed by atoms with Crippen molar-refractivity contribution in [3.05, 3.63) is 191 Å². The summed E-state index contributed by atoms with van der Waals surface area (Å²) in [6, 6.07) is 45.9. The summed E-state index contributed by atoms with van der Waals surface area (Å²) < 4.78 is 33.1. The molecule has 4 amide bonds. The van der Waals surface area contributed by atoms with Crippen molar-refractivity contribution in [3.63, 3.8) is 0 Å². The summed E-state index contributed by atoms with van der Waals surface area (Å²) in [4.78, 5) is 153. The molecular formula is C70H70N6O16. The van der Waals surface area contributed by atoms with E-state index in [1.54, 1.807) is 139 Å². The maximum atomic E-state index is 15.4. The second kappa shape index (κ2) is 24.3. The van der Waals surface area contributed by atoms with Gasteiger partial charge in [-0.05, 0) is 88.1 Å². The predicted octanol–water partition coefficient (Wildman–Crippen LogP) is 5.98. The number of fused-ring (bicyclic) bond motifs is 10. The monoisotopic (exact) mass is 1250 g/mol. The van der Waals surface area contributed by atoms with Crippen LogP contribution in [0.4, 0.5) is 22.7 Å². The molecule has 22 nitrogen and oxygen atoms in total. The van der Waals surface area contributed by atoms with E-state index in [-0.39, 0.29) is 63.9 Å². The van der Waals surface area contributed by atoms with Gasteiger partial charge in [-0.1, -0.05) is 133 Å². The lowest BCUT2D eigenvalue weighted by molar-refractivity contribution is -0.176. The number of nitrogens with one attached hydrogen (secondary N) is 2. The number of hydrogen-bond donors (Lipinski definition) is 2. The molecule has 6 aliphatic heterocycles. The van der Waals surface area contributed by atoms with Gasteiger partial charge in [-0.25, -0.2) is 19.2 Å². The summed E-state index contributed by atoms with van der Waals surface area (Å²) in [5, 5.41) is 6.19. The number of hydrogen-bond acceptors (Lipinski definition) is 18. The number of esters is 6. The molecule has 2 fully saturated rings. The Morgan fingerprint density at radius 3 is 0.935 bits per heavy atom. The largest absolute Gasteiger partial charge is 0.466 e. The number of ether oxygens (including phenoxy) is 6. The van der Waals surface area contributed by atoms with E-state index >= 15 is 19.2 Å². The lowest BCUT2D eigenvalue weighted by Gasteiger charge is -2.40. The third-order valence-electron chi connectivity index (χ3n) is 18.5. The van der Waals surface area contributed by atoms with E-state index < -0.39 is 104 Å². The quantitative estimate of drug-likeness (QED) is 0.0641. The van der Waals surface area contributed by atoms with E-state index in [4.69, 9.17) is 28.4 Å². The normalized spacial score (nSPS) is 23.9. The van der Waals surface area contributed by atoms with Gasteiger partial charge in [-0.3, -0.25) is 39.4 Å². The smallest absolute Gasteiger partial charge is 0.339 e. The number of carbonyl (C=O) groups excluding carboxylic acids is 10. The Hall–Kier alpha value is -10.1. The van der Waals surface area contributed by atoms with Gasteiger partial charge in [0, 0.05) is 48.0 Å². The Balaban J connectivity index is 0.000000188. The molecule has 0 unspecified atom stereocenters. The van der Waals surface area contributed by atoms with Crippen LogP contribution in [-0.4, -0.2) is 124 Å². The summed E-state index contributed by atoms with van der Waals surface area (Å²) in [6.07, 6.45) is 0. The van der Waals surface area contributed by atoms with Crippen molar-refractivity contribution in [2.45, 2.75) is 87.6 Å². The van der Waals surface area contributed by atoms with E-state index in [1.165, 1.54) is 33.7 Å². The molecule has 6 aromatic rings. The fourth-order valence-corrected chi connectivity index (χ4v) is 15.2. The Bertz CT molecular complexity index is 3700. The van der Waals surface area contributed by atoms with Crippen LogP contribution in [0, 0.1) is 11.8 Å². The molecule has 4 spiro atoms. The molecule has 6 atom stereocenters. The highest BCUT2D eigenvalue weighted by molar-refractivity contribution is 6.27. The minimum Gasteiger partial charge on any atom is -0.466 e. The molecule has 0 aromatic heterocycles. The Morgan fingerprint density at radius 2 is 0.630 bits per heavy atom. The van der Waals surface area contributed by atoms with Gasteiger partial charge in [-0.15, -0.1) is 0 Å². The first kappa shape index (κ1) is 63.5. The van der Waals surface area contributed by atoms with Gasteiger partial charge in [0.15, 0.2) is 0 Å². The first-order valence-corrected chi connectivity index (χ1v) is 30.6. The fraction of sp³-hybridized carbons (Fsp3) is 0.343. The highest BCUT2D eigenvalue weighted by Crippen LogP contribution is 2.69. The van der Waals surface area contributed by atoms with Crippen LogP contribution in [0.3, 0.4) is 0 Å². The van der Waals surface area contributed by atoms with Crippen molar-refractivity contribution >= 4 is 82.2 Å². The van der Waals surface area contributed by atoms with E-state index in [0.717, 1.165) is 11.1 Å². The van der Waals surface area contributed by atoms with Crippen molar-refractivity contribution in [3.8, 4) is 0 Å². The summed E-state index contributed by atoms with van der Waals surface area (Å²) >= 11 is 0. The fourth-order valence-electron chi connectivity index (χ4n) is 15.2. The Kier molecular flexibility index (Phi) is 16.8. The topological polar surface area (TPSA) is 263 Å². The lowest BCUT2D eigenvalue weighted by Crippen LogP contribution is -2.65. The van der Waals surface area contributed by atoms with Crippen molar-refractivity contribution in [2.75, 3.05) is 73.3 Å². The summed E-state index contributed by atoms with van der Waals surface area (Å²) in [7, 11) is 3.07. The Morgan fingerprint density at radius 1 is 0.359 bits per heavy atom. The maximum Gasteiger partial charge on any atom is 0.339 e. The summed E-state index contributed by atoms with van der Waals surface area (Å²) in [6.45, 7) is 8.69. The number of nitrogens with zero attached hydrogens (tertiary/aromatic N) is 4. The van der Waals surface area contributed by atoms with Crippen LogP contribution in [0.1, 0.15) is 74.9 Å². The molecule has 2 saturated heterocycles. The molecule has 12 rings (SSSR count). The van der Waals surface area contributed by atoms with Crippen molar-refractivity contribution < 1.29 is 76.4 Å². The zero-order valence-electron chi connectivity index (χ0n) is 52.1. The number of rotatable bonds is 16. The van der Waals surface area contributed by atoms with Crippen LogP contribution in [0.15, 0.2) is 158 Å². The molecule has 0 bridgehead atoms. The lowest BCUT2D eigenvalue weighted by atomic mass is 9.57. The molecule has 6 aliphatic rings. The number of likely N-dealkylation sites (N-methyl/N-ethyl adjacent to an activating group) is 2. The average Bonchev–Trinajstić information content (AvgIpc) is 1.48. The van der Waals surface area contributed by atoms with Crippen molar-refractivity contribution in [1.29, 1.82) is 0 Å². The minimum atomic E-state index is -2.66. The van der Waals surface area contributed by atoms with Crippen LogP contribution in [0.25, 0.3) is 0 Å². The summed E-state index contributed by atoms with van der Waals surface area (Å²) in [5.74, 6) is -13.1. The van der Waals surface area contributed by atoms with E-state index in [9.17, 15) is 28.8 Å². The number of carbonyl (C=O) groups is 10. The van der Waals surface area contributed by atoms with Gasteiger partial charge in [0.25, 0.3) is 11.8 Å². The van der Waals surface area contributed by atoms with E-state index in [2.05, 4.69) is 10.6 Å². The van der Waals surface area contributed by atoms with Crippen LogP contribution >= 0.6 is 0 Å². The van der Waals surface area contributed by atoms with Gasteiger partial charge >= 0.3 is 35.8 Å². The van der Waals surface area contributed by atoms with Gasteiger partial charge in [0.2, 0.25) is 22.9 Å². The third-order valence-corrected chi connectivity index (χ3v) is 18.5. The molecular weight excluding hydrogens is 1180 g/mol. The predicted molar refractivity (Wildman–Crippen MR) is 333 cm³/mol. The van der Waals surface area contributed by atoms with Crippen LogP contribution < -0.4 is 30.2 Å². The molecule has 476 valence electrons. The van der Waals surface area contributed by atoms with E-state index in [0.29, 0.717) is 33.9 Å². The zero-order valence-corrected chi connectivity index (χ0v) is 52.1. The molecule has 0 radical (unpaired) electrons. The maximum absolute atomic E-state index is 15.4. The second-order valence-electron chi connectivity index (χ2n) is 22.8. The molecule has 22 heteroatoms. The molecule has 0 saturated carbocycles. The average molecular weight is 1250 g/mol. The van der Waals surface area contributed by atoms with Crippen LogP contribution in [0.2, 0.25) is 0 Å². The Labute approximate surface area is 531 Å². The number of para-hydroxylation sites is 4. The number of amides is 4. The van der Waals surface area contributed by atoms with Gasteiger partial charge in [0.05, 0.1) is 52.7 Å². The van der Waals surface area contributed by atoms with Crippen molar-refractivity contribution in [1.82, 2.24) is 10.6 Å². The zero-order chi connectivity index (χ0) is 65.7. The molecule has 6 aromatic carbocycles. The molecule has 92 heavy (non-hydrogen) atoms. The number of anilines is 4. The summed E-state index contributed by atoms with van der Waals surface area (Å²) in [5.41, 5.74) is -9.47. The highest BCUT2D eigenvalue weighted by Gasteiger charge is 2.89. The minimum absolute atomic E-state index is 0.109. The highest BCUT2D eigenvalue weighted by atomic mass is 16.6. The van der Waals surface area contributed by atoms with Crippen LogP contribution in [-0.2, 0) is 111 Å². The third kappa shape index (κ3) is 8.51. The molecule has 6 heterocycles. The standard InChI is InChI=1S/2C35H35N3O8/c2*1-5-44-28(39)27-33(23-17-11-13-19-25(23)37(4)29(33)40)35(36-34(27,31(42)45-6-2)32(43)46-7-3)24-18-12-14-20-26(24)38(30(35)41)21-22-15-9-8-10-16-22/h2*8-20,27,36H,5-7,21H2,1-4H3/t2*27-,33+,35+/m11/s1. The van der Waals surface area contributed by atoms with Gasteiger partial charge in [-0.2, -0.15) is 0 Å². The first-order valence-electron chi connectivity index (χ1n) is 30.6. The SMILES string of the molecule is CCOC(=O)[C@H]1C(C(=O)OCC)(C(=O)OCC)N[C@@]2(C(=O)N(Cc3ccccc3)c3ccccc32)[C@]12C(=O)N(C)c1ccccc12.CCOC(=O)[C@H]1C(C(=O)OCC)(C(=O)OCC)N[C@@]2(C(=O)N(Cc3ccccc3)c3ccccc32)[C@]12C(=O)N(C)c1ccccc12.